The fraction of sp³-hybridized carbons (Fsp3) is 0. The molecular formula is C45H27N5O. The summed E-state index contributed by atoms with van der Waals surface area (Å²) in [6.45, 7) is 0. The number of furan rings is 1. The van der Waals surface area contributed by atoms with E-state index < -0.39 is 30.2 Å². The zero-order chi connectivity index (χ0) is 37.8. The molecule has 0 bridgehead atoms. The van der Waals surface area contributed by atoms with Crippen molar-refractivity contribution in [1.29, 1.82) is 0 Å². The van der Waals surface area contributed by atoms with Gasteiger partial charge < -0.3 is 8.98 Å². The Bertz CT molecular complexity index is 3410. The summed E-state index contributed by atoms with van der Waals surface area (Å²) in [7, 11) is 0. The van der Waals surface area contributed by atoms with E-state index in [9.17, 15) is 0 Å². The highest BCUT2D eigenvalue weighted by molar-refractivity contribution is 6.19. The van der Waals surface area contributed by atoms with Gasteiger partial charge in [-0.2, -0.15) is 9.97 Å². The number of nitrogens with zero attached hydrogens (tertiary/aromatic N) is 5. The molecule has 0 radical (unpaired) electrons. The van der Waals surface area contributed by atoms with Crippen LogP contribution in [0.5, 0.6) is 0 Å². The summed E-state index contributed by atoms with van der Waals surface area (Å²) in [6, 6.07) is 42.3. The van der Waals surface area contributed by atoms with Gasteiger partial charge in [0, 0.05) is 49.1 Å². The first-order valence-electron chi connectivity index (χ1n) is 19.1. The van der Waals surface area contributed by atoms with E-state index in [1.807, 2.05) is 89.5 Å². The van der Waals surface area contributed by atoms with Gasteiger partial charge in [-0.25, -0.2) is 4.98 Å². The third kappa shape index (κ3) is 4.14. The maximum atomic E-state index is 8.92. The molecule has 0 amide bonds. The molecule has 6 heteroatoms. The molecule has 11 aromatic rings. The summed E-state index contributed by atoms with van der Waals surface area (Å²) < 4.78 is 53.6. The SMILES string of the molecule is [2H]c1c([2H])c([2H])c(-c2nc(-c3cccc4oc5ccccc5c34)nc(-n3c4ccccc4c4cc5c6ccccc6n(-c6ccccc6)c5cc43)n2)c([2H])c1[2H]. The number of hydrogen-bond donors (Lipinski definition) is 0. The molecule has 6 nitrogen and oxygen atoms in total. The Hall–Kier alpha value is -7.05. The van der Waals surface area contributed by atoms with Crippen LogP contribution in [0.2, 0.25) is 0 Å². The molecule has 4 aromatic heterocycles. The van der Waals surface area contributed by atoms with Crippen LogP contribution >= 0.6 is 0 Å². The largest absolute Gasteiger partial charge is 0.456 e. The molecule has 238 valence electrons. The van der Waals surface area contributed by atoms with Gasteiger partial charge in [0.25, 0.3) is 0 Å². The van der Waals surface area contributed by atoms with E-state index in [1.165, 1.54) is 0 Å². The molecule has 0 saturated carbocycles. The first-order chi connectivity index (χ1) is 27.4. The van der Waals surface area contributed by atoms with Gasteiger partial charge in [-0.1, -0.05) is 115 Å². The second-order valence-electron chi connectivity index (χ2n) is 12.5. The minimum Gasteiger partial charge on any atom is -0.456 e. The van der Waals surface area contributed by atoms with Gasteiger partial charge in [0.15, 0.2) is 11.6 Å². The summed E-state index contributed by atoms with van der Waals surface area (Å²) in [4.78, 5) is 15.1. The zero-order valence-electron chi connectivity index (χ0n) is 31.8. The van der Waals surface area contributed by atoms with Crippen LogP contribution in [0.1, 0.15) is 6.85 Å². The van der Waals surface area contributed by atoms with Crippen molar-refractivity contribution < 1.29 is 11.3 Å². The molecule has 0 aliphatic carbocycles. The monoisotopic (exact) mass is 658 g/mol. The molecule has 0 fully saturated rings. The number of para-hydroxylation sites is 4. The smallest absolute Gasteiger partial charge is 0.238 e. The van der Waals surface area contributed by atoms with Crippen LogP contribution in [-0.4, -0.2) is 24.1 Å². The standard InChI is InChI=1S/C45H27N5O/c1-3-14-28(15-4-1)43-46-44(33-21-13-25-41-42(33)32-20-9-12-24-40(32)51-41)48-45(47-43)50-37-23-11-8-19-31(37)35-26-34-30-18-7-10-22-36(30)49(38(34)27-39(35)50)29-16-5-2-6-17-29/h1-27H/i1D,3D,4D,14D,15D. The molecule has 0 atom stereocenters. The van der Waals surface area contributed by atoms with Crippen molar-refractivity contribution in [2.45, 2.75) is 0 Å². The number of aromatic nitrogens is 5. The lowest BCUT2D eigenvalue weighted by Gasteiger charge is -2.12. The Labute approximate surface area is 298 Å². The average Bonchev–Trinajstić information content (AvgIpc) is 3.89. The Morgan fingerprint density at radius 1 is 0.471 bits per heavy atom. The maximum Gasteiger partial charge on any atom is 0.238 e. The molecule has 4 heterocycles. The van der Waals surface area contributed by atoms with Gasteiger partial charge in [-0.05, 0) is 48.5 Å². The van der Waals surface area contributed by atoms with E-state index in [1.54, 1.807) is 0 Å². The van der Waals surface area contributed by atoms with Crippen LogP contribution in [-0.2, 0) is 0 Å². The van der Waals surface area contributed by atoms with Gasteiger partial charge in [0.1, 0.15) is 11.2 Å². The minimum absolute atomic E-state index is 0.0442. The second kappa shape index (κ2) is 10.7. The van der Waals surface area contributed by atoms with Crippen LogP contribution in [0.25, 0.3) is 100.0 Å². The molecule has 0 spiro atoms. The Morgan fingerprint density at radius 3 is 1.88 bits per heavy atom. The van der Waals surface area contributed by atoms with Gasteiger partial charge in [-0.15, -0.1) is 0 Å². The van der Waals surface area contributed by atoms with E-state index in [4.69, 9.17) is 26.2 Å². The summed E-state index contributed by atoms with van der Waals surface area (Å²) in [5.41, 5.74) is 6.63. The highest BCUT2D eigenvalue weighted by Gasteiger charge is 2.22. The zero-order valence-corrected chi connectivity index (χ0v) is 26.8. The van der Waals surface area contributed by atoms with Crippen molar-refractivity contribution in [2.24, 2.45) is 0 Å². The summed E-state index contributed by atoms with van der Waals surface area (Å²) in [5.74, 6) is 0.450. The quantitative estimate of drug-likeness (QED) is 0.189. The number of benzene rings is 7. The van der Waals surface area contributed by atoms with Crippen molar-refractivity contribution >= 4 is 65.6 Å². The molecule has 11 rings (SSSR count). The fourth-order valence-electron chi connectivity index (χ4n) is 7.52. The molecule has 51 heavy (non-hydrogen) atoms. The van der Waals surface area contributed by atoms with Crippen LogP contribution in [0.4, 0.5) is 0 Å². The number of fused-ring (bicyclic) bond motifs is 9. The van der Waals surface area contributed by atoms with Crippen LogP contribution in [0.15, 0.2) is 168 Å². The second-order valence-corrected chi connectivity index (χ2v) is 12.5. The van der Waals surface area contributed by atoms with Crippen molar-refractivity contribution in [3.63, 3.8) is 0 Å². The third-order valence-electron chi connectivity index (χ3n) is 9.67. The summed E-state index contributed by atoms with van der Waals surface area (Å²) >= 11 is 0. The lowest BCUT2D eigenvalue weighted by molar-refractivity contribution is 0.669. The molecular weight excluding hydrogens is 627 g/mol. The Morgan fingerprint density at radius 2 is 1.10 bits per heavy atom. The van der Waals surface area contributed by atoms with Crippen molar-refractivity contribution in [1.82, 2.24) is 24.1 Å². The first-order valence-corrected chi connectivity index (χ1v) is 16.6. The van der Waals surface area contributed by atoms with Crippen LogP contribution in [0, 0.1) is 0 Å². The average molecular weight is 659 g/mol. The third-order valence-corrected chi connectivity index (χ3v) is 9.67. The van der Waals surface area contributed by atoms with E-state index in [0.717, 1.165) is 60.1 Å². The number of rotatable bonds is 4. The first kappa shape index (κ1) is 23.3. The summed E-state index contributed by atoms with van der Waals surface area (Å²) in [5, 5.41) is 5.85. The van der Waals surface area contributed by atoms with Gasteiger partial charge in [0.05, 0.1) is 28.9 Å². The molecule has 0 aliphatic rings. The van der Waals surface area contributed by atoms with Crippen molar-refractivity contribution in [3.8, 4) is 34.4 Å². The van der Waals surface area contributed by atoms with E-state index >= 15 is 0 Å². The predicted octanol–water partition coefficient (Wildman–Crippen LogP) is 11.3. The van der Waals surface area contributed by atoms with E-state index in [2.05, 4.69) is 53.1 Å². The van der Waals surface area contributed by atoms with E-state index in [-0.39, 0.29) is 23.2 Å². The van der Waals surface area contributed by atoms with Crippen LogP contribution < -0.4 is 0 Å². The lowest BCUT2D eigenvalue weighted by atomic mass is 10.1. The number of hydrogen-bond acceptors (Lipinski definition) is 4. The van der Waals surface area contributed by atoms with Gasteiger partial charge in [-0.3, -0.25) is 4.57 Å². The molecule has 7 aromatic carbocycles. The molecule has 0 saturated heterocycles. The van der Waals surface area contributed by atoms with Gasteiger partial charge in [0.2, 0.25) is 5.95 Å². The maximum absolute atomic E-state index is 8.92. The molecule has 0 aliphatic heterocycles. The highest BCUT2D eigenvalue weighted by Crippen LogP contribution is 2.40. The Balaban J connectivity index is 1.28. The lowest BCUT2D eigenvalue weighted by Crippen LogP contribution is -2.06. The minimum atomic E-state index is -0.492. The highest BCUT2D eigenvalue weighted by atomic mass is 16.3. The van der Waals surface area contributed by atoms with Crippen LogP contribution in [0.3, 0.4) is 0 Å². The predicted molar refractivity (Wildman–Crippen MR) is 207 cm³/mol. The molecule has 0 unspecified atom stereocenters. The Kier molecular flexibility index (Phi) is 4.91. The fourth-order valence-corrected chi connectivity index (χ4v) is 7.52. The molecule has 0 N–H and O–H groups in total. The summed E-state index contributed by atoms with van der Waals surface area (Å²) in [6.07, 6.45) is 0. The van der Waals surface area contributed by atoms with Crippen molar-refractivity contribution in [2.75, 3.05) is 0 Å². The van der Waals surface area contributed by atoms with Gasteiger partial charge >= 0.3 is 0 Å². The topological polar surface area (TPSA) is 61.7 Å². The van der Waals surface area contributed by atoms with E-state index in [0.29, 0.717) is 16.7 Å². The normalized spacial score (nSPS) is 13.3. The van der Waals surface area contributed by atoms with Crippen molar-refractivity contribution in [3.05, 3.63) is 164 Å².